The highest BCUT2D eigenvalue weighted by Crippen LogP contribution is 2.31. The molecule has 8 nitrogen and oxygen atoms in total. The van der Waals surface area contributed by atoms with E-state index in [4.69, 9.17) is 10.0 Å². The van der Waals surface area contributed by atoms with Gasteiger partial charge in [0.15, 0.2) is 11.5 Å². The molecule has 1 fully saturated rings. The van der Waals surface area contributed by atoms with Gasteiger partial charge >= 0.3 is 0 Å². The van der Waals surface area contributed by atoms with Crippen LogP contribution >= 0.6 is 15.9 Å². The van der Waals surface area contributed by atoms with Gasteiger partial charge in [0.2, 0.25) is 5.82 Å². The predicted molar refractivity (Wildman–Crippen MR) is 117 cm³/mol. The van der Waals surface area contributed by atoms with Crippen molar-refractivity contribution in [3.05, 3.63) is 34.2 Å². The van der Waals surface area contributed by atoms with Crippen LogP contribution in [0.5, 0.6) is 0 Å². The number of hydrogen-bond acceptors (Lipinski definition) is 7. The van der Waals surface area contributed by atoms with Gasteiger partial charge in [0.05, 0.1) is 4.47 Å². The maximum absolute atomic E-state index is 13.4. The zero-order chi connectivity index (χ0) is 20.7. The summed E-state index contributed by atoms with van der Waals surface area (Å²) >= 11 is 3.10. The summed E-state index contributed by atoms with van der Waals surface area (Å²) in [5.41, 5.74) is 0.644. The highest BCUT2D eigenvalue weighted by molar-refractivity contribution is 9.10. The summed E-state index contributed by atoms with van der Waals surface area (Å²) in [7, 11) is 1.91. The molecule has 2 aromatic rings. The molecule has 1 aliphatic heterocycles. The molecule has 28 heavy (non-hydrogen) atoms. The highest BCUT2D eigenvalue weighted by atomic mass is 79.9. The van der Waals surface area contributed by atoms with Crippen LogP contribution in [0, 0.1) is 11.2 Å². The van der Waals surface area contributed by atoms with Gasteiger partial charge < -0.3 is 10.6 Å². The predicted octanol–water partition coefficient (Wildman–Crippen LogP) is -0.723. The molecule has 0 amide bonds. The Morgan fingerprint density at radius 2 is 2.11 bits per heavy atom. The minimum Gasteiger partial charge on any atom is -0.362 e. The van der Waals surface area contributed by atoms with E-state index in [-0.39, 0.29) is 27.9 Å². The normalized spacial score (nSPS) is 23.1. The van der Waals surface area contributed by atoms with E-state index in [2.05, 4.69) is 36.9 Å². The van der Waals surface area contributed by atoms with E-state index in [0.29, 0.717) is 18.5 Å². The Bertz CT molecular complexity index is 1020. The van der Waals surface area contributed by atoms with Crippen molar-refractivity contribution >= 4 is 66.6 Å². The van der Waals surface area contributed by atoms with Crippen LogP contribution in [0.15, 0.2) is 27.3 Å². The second-order valence-electron chi connectivity index (χ2n) is 7.49. The van der Waals surface area contributed by atoms with Crippen molar-refractivity contribution in [2.75, 3.05) is 10.6 Å². The minimum absolute atomic E-state index is 0.0852. The van der Waals surface area contributed by atoms with Crippen LogP contribution in [0.1, 0.15) is 18.5 Å². The number of sulfone groups is 1. The van der Waals surface area contributed by atoms with E-state index >= 15 is 0 Å². The third kappa shape index (κ3) is 3.98. The van der Waals surface area contributed by atoms with E-state index in [9.17, 15) is 12.8 Å². The Morgan fingerprint density at radius 1 is 1.39 bits per heavy atom. The lowest BCUT2D eigenvalue weighted by Gasteiger charge is -2.39. The smallest absolute Gasteiger partial charge is 0.202 e. The minimum atomic E-state index is -3.22. The van der Waals surface area contributed by atoms with Crippen LogP contribution in [0.25, 0.3) is 0 Å². The van der Waals surface area contributed by atoms with E-state index < -0.39 is 25.3 Å². The molecule has 0 bridgehead atoms. The zero-order valence-corrected chi connectivity index (χ0v) is 18.0. The van der Waals surface area contributed by atoms with Gasteiger partial charge in [-0.2, -0.15) is 0 Å². The lowest BCUT2D eigenvalue weighted by molar-refractivity contribution is 0.307. The quantitative estimate of drug-likeness (QED) is 0.308. The van der Waals surface area contributed by atoms with Crippen molar-refractivity contribution in [1.29, 1.82) is 5.41 Å². The number of rotatable bonds is 4. The van der Waals surface area contributed by atoms with Crippen molar-refractivity contribution in [3.8, 4) is 0 Å². The average molecular weight is 468 g/mol. The third-order valence-electron chi connectivity index (χ3n) is 4.91. The van der Waals surface area contributed by atoms with Crippen LogP contribution in [0.3, 0.4) is 0 Å². The molecule has 2 atom stereocenters. The molecule has 2 unspecified atom stereocenters. The molecule has 1 aromatic heterocycles. The first kappa shape index (κ1) is 20.9. The van der Waals surface area contributed by atoms with E-state index in [1.807, 2.05) is 0 Å². The largest absolute Gasteiger partial charge is 0.362 e. The maximum atomic E-state index is 13.4. The van der Waals surface area contributed by atoms with Crippen LogP contribution < -0.4 is 10.6 Å². The number of nitrogens with one attached hydrogen (secondary N) is 3. The number of aromatic nitrogens is 2. The number of benzene rings is 1. The van der Waals surface area contributed by atoms with Gasteiger partial charge in [0.1, 0.15) is 39.2 Å². The monoisotopic (exact) mass is 467 g/mol. The van der Waals surface area contributed by atoms with Gasteiger partial charge in [-0.1, -0.05) is 0 Å². The summed E-state index contributed by atoms with van der Waals surface area (Å²) in [6.07, 6.45) is 0.821. The third-order valence-corrected chi connectivity index (χ3v) is 8.48. The van der Waals surface area contributed by atoms with Gasteiger partial charge in [0.25, 0.3) is 0 Å². The van der Waals surface area contributed by atoms with Crippen LogP contribution in [0.2, 0.25) is 0 Å². The first-order valence-electron chi connectivity index (χ1n) is 8.65. The number of nitrogens with zero attached hydrogens (tertiary/aromatic N) is 2. The topological polar surface area (TPSA) is 121 Å². The number of anilines is 2. The van der Waals surface area contributed by atoms with Crippen molar-refractivity contribution in [3.63, 3.8) is 0 Å². The lowest BCUT2D eigenvalue weighted by Crippen LogP contribution is -2.55. The number of amidine groups is 1. The molecule has 3 N–H and O–H groups in total. The molecule has 146 valence electrons. The molecule has 0 radical (unpaired) electrons. The Labute approximate surface area is 173 Å². The molecule has 1 aromatic carbocycles. The van der Waals surface area contributed by atoms with Gasteiger partial charge in [-0.3, -0.25) is 5.41 Å². The Kier molecular flexibility index (Phi) is 5.63. The van der Waals surface area contributed by atoms with Gasteiger partial charge in [-0.15, -0.1) is 0 Å². The highest BCUT2D eigenvalue weighted by Gasteiger charge is 2.45. The molecule has 0 aliphatic carbocycles. The molecule has 0 saturated carbocycles. The summed E-state index contributed by atoms with van der Waals surface area (Å²) < 4.78 is 42.5. The fourth-order valence-corrected chi connectivity index (χ4v) is 5.78. The summed E-state index contributed by atoms with van der Waals surface area (Å²) in [5.74, 6) is -0.240. The van der Waals surface area contributed by atoms with Crippen molar-refractivity contribution in [1.82, 2.24) is 10.3 Å². The number of hydrogen-bond donors (Lipinski definition) is 3. The van der Waals surface area contributed by atoms with Crippen molar-refractivity contribution < 1.29 is 17.4 Å². The fourth-order valence-electron chi connectivity index (χ4n) is 3.39. The Hall–Kier alpha value is -1.82. The molecule has 1 aliphatic rings. The Morgan fingerprint density at radius 3 is 2.75 bits per heavy atom. The molecule has 2 heterocycles. The first-order valence-corrected chi connectivity index (χ1v) is 11.0. The lowest BCUT2D eigenvalue weighted by atomic mass is 9.65. The summed E-state index contributed by atoms with van der Waals surface area (Å²) in [4.78, 5) is 0. The summed E-state index contributed by atoms with van der Waals surface area (Å²) in [5, 5.41) is 21.3. The standard InChI is InChI=1S/C14H18B3BrFN5O3S/c15-10-4-7(5-14(16,17)28(10,25)26)22-13-11(23-27-24-13)12(20)21-6-1-2-9(19)8(18)3-6/h1-3,7,10H,4-5,15-17H2,(H2,20,21)(H,22,24). The SMILES string of the molecule is BC1CC(Nc2nonc2C(=N)Nc2ccc(F)c(Br)c2)CC(B)(B)S1(=O)=O. The van der Waals surface area contributed by atoms with E-state index in [1.165, 1.54) is 18.2 Å². The van der Waals surface area contributed by atoms with Gasteiger partial charge in [-0.05, 0) is 57.3 Å². The molecule has 3 rings (SSSR count). The van der Waals surface area contributed by atoms with Crippen molar-refractivity contribution in [2.45, 2.75) is 28.6 Å². The summed E-state index contributed by atoms with van der Waals surface area (Å²) in [6.45, 7) is 0. The van der Waals surface area contributed by atoms with Crippen molar-refractivity contribution in [2.24, 2.45) is 0 Å². The summed E-state index contributed by atoms with van der Waals surface area (Å²) in [6, 6.07) is 4.10. The first-order chi connectivity index (χ1) is 13.0. The number of halogens is 2. The van der Waals surface area contributed by atoms with Gasteiger partial charge in [0, 0.05) is 21.4 Å². The van der Waals surface area contributed by atoms with Gasteiger partial charge in [-0.25, -0.2) is 17.4 Å². The average Bonchev–Trinajstić information content (AvgIpc) is 3.04. The van der Waals surface area contributed by atoms with E-state index in [0.717, 1.165) is 0 Å². The van der Waals surface area contributed by atoms with Crippen LogP contribution in [-0.4, -0.2) is 63.8 Å². The second-order valence-corrected chi connectivity index (χ2v) is 11.3. The zero-order valence-electron chi connectivity index (χ0n) is 15.6. The molecular weight excluding hydrogens is 450 g/mol. The van der Waals surface area contributed by atoms with Crippen LogP contribution in [0.4, 0.5) is 15.9 Å². The second kappa shape index (κ2) is 7.55. The molecule has 1 saturated heterocycles. The van der Waals surface area contributed by atoms with Crippen LogP contribution in [-0.2, 0) is 9.84 Å². The fraction of sp³-hybridized carbons (Fsp3) is 0.357. The van der Waals surface area contributed by atoms with E-state index in [1.54, 1.807) is 23.5 Å². The maximum Gasteiger partial charge on any atom is 0.202 e. The molecular formula is C14H18B3BrFN5O3S. The molecule has 0 spiro atoms. The Balaban J connectivity index is 1.75. The molecule has 14 heteroatoms.